The van der Waals surface area contributed by atoms with Crippen LogP contribution in [0.1, 0.15) is 5.56 Å². The number of hydrogen-bond donors (Lipinski definition) is 0. The van der Waals surface area contributed by atoms with Crippen LogP contribution < -0.4 is 0 Å². The molecule has 0 radical (unpaired) electrons. The van der Waals surface area contributed by atoms with Crippen LogP contribution in [-0.4, -0.2) is 19.1 Å². The highest BCUT2D eigenvalue weighted by atomic mass is 15.2. The third-order valence-corrected chi connectivity index (χ3v) is 9.79. The Morgan fingerprint density at radius 3 is 1.73 bits per heavy atom. The van der Waals surface area contributed by atoms with Crippen LogP contribution in [0.2, 0.25) is 0 Å². The van der Waals surface area contributed by atoms with Crippen molar-refractivity contribution in [1.82, 2.24) is 19.1 Å². The molecule has 10 rings (SSSR count). The van der Waals surface area contributed by atoms with Gasteiger partial charge in [0.15, 0.2) is 0 Å². The molecular weight excluding hydrogens is 597 g/mol. The second-order valence-corrected chi connectivity index (χ2v) is 12.8. The number of benzene rings is 7. The van der Waals surface area contributed by atoms with Crippen molar-refractivity contribution in [3.05, 3.63) is 169 Å². The Morgan fingerprint density at radius 1 is 0.388 bits per heavy atom. The number of fused-ring (bicyclic) bond motifs is 7. The molecule has 4 nitrogen and oxygen atoms in total. The van der Waals surface area contributed by atoms with E-state index in [0.29, 0.717) is 5.95 Å². The molecular formula is C45H30N4. The average molecular weight is 627 g/mol. The van der Waals surface area contributed by atoms with E-state index in [1.165, 1.54) is 49.3 Å². The Kier molecular flexibility index (Phi) is 6.06. The van der Waals surface area contributed by atoms with E-state index < -0.39 is 0 Å². The number of aromatic nitrogens is 4. The van der Waals surface area contributed by atoms with Gasteiger partial charge >= 0.3 is 0 Å². The van der Waals surface area contributed by atoms with Crippen LogP contribution in [0, 0.1) is 6.92 Å². The normalized spacial score (nSPS) is 11.8. The zero-order valence-corrected chi connectivity index (χ0v) is 26.9. The summed E-state index contributed by atoms with van der Waals surface area (Å²) in [6.45, 7) is 2.15. The molecule has 10 aromatic rings. The number of nitrogens with zero attached hydrogens (tertiary/aromatic N) is 4. The third kappa shape index (κ3) is 4.31. The number of aryl methyl sites for hydroxylation is 1. The predicted octanol–water partition coefficient (Wildman–Crippen LogP) is 11.5. The summed E-state index contributed by atoms with van der Waals surface area (Å²) in [6.07, 6.45) is 0. The van der Waals surface area contributed by atoms with Gasteiger partial charge in [0.05, 0.1) is 33.3 Å². The van der Waals surface area contributed by atoms with Crippen molar-refractivity contribution in [1.29, 1.82) is 0 Å². The van der Waals surface area contributed by atoms with Gasteiger partial charge in [0.1, 0.15) is 0 Å². The molecule has 0 aliphatic rings. The SMILES string of the molecule is Cc1ccc2c3cc4c(cc3n(-c3nc(-c5ccc(-c6ccccc6)cc5)c5ccccc5n3)c2c1)c1ccccc1n4-c1ccccc1. The maximum absolute atomic E-state index is 5.39. The van der Waals surface area contributed by atoms with E-state index in [4.69, 9.17) is 9.97 Å². The molecule has 0 aliphatic carbocycles. The van der Waals surface area contributed by atoms with E-state index in [-0.39, 0.29) is 0 Å². The Hall–Kier alpha value is -6.52. The van der Waals surface area contributed by atoms with Crippen LogP contribution in [0.3, 0.4) is 0 Å². The second-order valence-electron chi connectivity index (χ2n) is 12.8. The fourth-order valence-corrected chi connectivity index (χ4v) is 7.49. The van der Waals surface area contributed by atoms with Gasteiger partial charge < -0.3 is 4.57 Å². The number of rotatable bonds is 4. The molecule has 0 amide bonds. The fraction of sp³-hybridized carbons (Fsp3) is 0.0222. The summed E-state index contributed by atoms with van der Waals surface area (Å²) in [4.78, 5) is 10.6. The monoisotopic (exact) mass is 626 g/mol. The summed E-state index contributed by atoms with van der Waals surface area (Å²) in [5.74, 6) is 0.664. The molecule has 3 heterocycles. The molecule has 230 valence electrons. The van der Waals surface area contributed by atoms with E-state index in [9.17, 15) is 0 Å². The Morgan fingerprint density at radius 2 is 0.959 bits per heavy atom. The molecule has 3 aromatic heterocycles. The molecule has 0 unspecified atom stereocenters. The van der Waals surface area contributed by atoms with Crippen molar-refractivity contribution < 1.29 is 0 Å². The molecule has 7 aromatic carbocycles. The molecule has 0 aliphatic heterocycles. The molecule has 4 heteroatoms. The first-order valence-electron chi connectivity index (χ1n) is 16.7. The van der Waals surface area contributed by atoms with Crippen molar-refractivity contribution in [3.63, 3.8) is 0 Å². The first kappa shape index (κ1) is 27.6. The molecule has 0 fully saturated rings. The van der Waals surface area contributed by atoms with Crippen molar-refractivity contribution in [3.8, 4) is 34.0 Å². The van der Waals surface area contributed by atoms with Crippen molar-refractivity contribution >= 4 is 54.5 Å². The van der Waals surface area contributed by atoms with E-state index in [1.807, 2.05) is 0 Å². The first-order valence-corrected chi connectivity index (χ1v) is 16.7. The van der Waals surface area contributed by atoms with Gasteiger partial charge in [0, 0.05) is 38.2 Å². The summed E-state index contributed by atoms with van der Waals surface area (Å²) in [7, 11) is 0. The maximum atomic E-state index is 5.39. The summed E-state index contributed by atoms with van der Waals surface area (Å²) in [6, 6.07) is 58.3. The number of para-hydroxylation sites is 3. The molecule has 0 bridgehead atoms. The lowest BCUT2D eigenvalue weighted by Crippen LogP contribution is -2.03. The minimum atomic E-state index is 0.664. The minimum absolute atomic E-state index is 0.664. The Balaban J connectivity index is 1.27. The van der Waals surface area contributed by atoms with Crippen LogP contribution in [0.5, 0.6) is 0 Å². The topological polar surface area (TPSA) is 35.6 Å². The predicted molar refractivity (Wildman–Crippen MR) is 204 cm³/mol. The van der Waals surface area contributed by atoms with E-state index in [2.05, 4.69) is 180 Å². The lowest BCUT2D eigenvalue weighted by Gasteiger charge is -2.12. The maximum Gasteiger partial charge on any atom is 0.235 e. The van der Waals surface area contributed by atoms with E-state index in [0.717, 1.165) is 38.9 Å². The standard InChI is InChI=1S/C45H30N4/c1-29-20-25-35-38-27-42-37(34-16-9-11-19-40(34)48(42)33-14-6-3-7-15-33)28-43(38)49(41(35)26-29)45-46-39-18-10-8-17-36(39)44(47-45)32-23-21-31(22-24-32)30-12-4-2-5-13-30/h2-28H,1H3. The lowest BCUT2D eigenvalue weighted by atomic mass is 10.0. The summed E-state index contributed by atoms with van der Waals surface area (Å²) >= 11 is 0. The second kappa shape index (κ2) is 10.8. The summed E-state index contributed by atoms with van der Waals surface area (Å²) < 4.78 is 4.64. The quantitative estimate of drug-likeness (QED) is 0.195. The van der Waals surface area contributed by atoms with Gasteiger partial charge in [0.2, 0.25) is 5.95 Å². The highest BCUT2D eigenvalue weighted by Crippen LogP contribution is 2.40. The van der Waals surface area contributed by atoms with Crippen molar-refractivity contribution in [2.75, 3.05) is 0 Å². The third-order valence-electron chi connectivity index (χ3n) is 9.79. The molecule has 0 saturated carbocycles. The summed E-state index contributed by atoms with van der Waals surface area (Å²) in [5.41, 5.74) is 12.2. The largest absolute Gasteiger partial charge is 0.309 e. The van der Waals surface area contributed by atoms with Gasteiger partial charge in [-0.3, -0.25) is 4.57 Å². The van der Waals surface area contributed by atoms with Gasteiger partial charge in [0.25, 0.3) is 0 Å². The molecule has 49 heavy (non-hydrogen) atoms. The molecule has 0 spiro atoms. The minimum Gasteiger partial charge on any atom is -0.309 e. The lowest BCUT2D eigenvalue weighted by molar-refractivity contribution is 1.01. The Bertz CT molecular complexity index is 2860. The molecule has 0 atom stereocenters. The summed E-state index contributed by atoms with van der Waals surface area (Å²) in [5, 5.41) is 5.80. The van der Waals surface area contributed by atoms with Crippen LogP contribution in [0.4, 0.5) is 0 Å². The van der Waals surface area contributed by atoms with Gasteiger partial charge in [-0.15, -0.1) is 0 Å². The van der Waals surface area contributed by atoms with Crippen molar-refractivity contribution in [2.45, 2.75) is 6.92 Å². The molecule has 0 saturated heterocycles. The van der Waals surface area contributed by atoms with E-state index in [1.54, 1.807) is 0 Å². The highest BCUT2D eigenvalue weighted by molar-refractivity contribution is 6.19. The van der Waals surface area contributed by atoms with Crippen molar-refractivity contribution in [2.24, 2.45) is 0 Å². The first-order chi connectivity index (χ1) is 24.2. The highest BCUT2D eigenvalue weighted by Gasteiger charge is 2.21. The number of hydrogen-bond acceptors (Lipinski definition) is 2. The van der Waals surface area contributed by atoms with Gasteiger partial charge in [-0.25, -0.2) is 9.97 Å². The zero-order valence-electron chi connectivity index (χ0n) is 26.9. The smallest absolute Gasteiger partial charge is 0.235 e. The Labute approximate surface area is 283 Å². The van der Waals surface area contributed by atoms with Gasteiger partial charge in [-0.1, -0.05) is 121 Å². The average Bonchev–Trinajstić information content (AvgIpc) is 3.65. The van der Waals surface area contributed by atoms with Crippen LogP contribution in [0.15, 0.2) is 164 Å². The fourth-order valence-electron chi connectivity index (χ4n) is 7.49. The van der Waals surface area contributed by atoms with Crippen LogP contribution >= 0.6 is 0 Å². The van der Waals surface area contributed by atoms with Crippen LogP contribution in [0.25, 0.3) is 88.5 Å². The zero-order chi connectivity index (χ0) is 32.5. The van der Waals surface area contributed by atoms with Gasteiger partial charge in [-0.05, 0) is 66.1 Å². The molecule has 0 N–H and O–H groups in total. The van der Waals surface area contributed by atoms with Crippen LogP contribution in [-0.2, 0) is 0 Å². The van der Waals surface area contributed by atoms with Gasteiger partial charge in [-0.2, -0.15) is 0 Å². The van der Waals surface area contributed by atoms with E-state index >= 15 is 0 Å².